The molecule has 1 aromatic carbocycles. The second-order valence-corrected chi connectivity index (χ2v) is 5.30. The minimum Gasteiger partial charge on any atom is -0.497 e. The van der Waals surface area contributed by atoms with Gasteiger partial charge in [-0.15, -0.1) is 0 Å². The molecule has 1 unspecified atom stereocenters. The van der Waals surface area contributed by atoms with Crippen molar-refractivity contribution in [3.8, 4) is 5.75 Å². The molecule has 1 N–H and O–H groups in total. The molecule has 0 bridgehead atoms. The molecule has 1 aromatic rings. The highest BCUT2D eigenvalue weighted by Gasteiger charge is 2.35. The third kappa shape index (κ3) is 1.82. The van der Waals surface area contributed by atoms with Crippen molar-refractivity contribution >= 4 is 0 Å². The molecule has 0 radical (unpaired) electrons. The molecule has 0 aromatic heterocycles. The molecule has 0 aliphatic heterocycles. The summed E-state index contributed by atoms with van der Waals surface area (Å²) in [6, 6.07) is 6.30. The largest absolute Gasteiger partial charge is 0.497 e. The highest BCUT2D eigenvalue weighted by molar-refractivity contribution is 5.42. The molecule has 88 valence electrons. The van der Waals surface area contributed by atoms with E-state index in [2.05, 4.69) is 26.0 Å². The van der Waals surface area contributed by atoms with Crippen LogP contribution in [0.2, 0.25) is 0 Å². The van der Waals surface area contributed by atoms with Crippen LogP contribution in [-0.2, 0) is 6.42 Å². The van der Waals surface area contributed by atoms with Crippen LogP contribution in [0.3, 0.4) is 0 Å². The standard InChI is InChI=1S/C14H20O2/c1-14(2,9-15)13-7-5-10-4-6-11(16-3)8-12(10)13/h4,6,8,13,15H,5,7,9H2,1-3H3. The van der Waals surface area contributed by atoms with Gasteiger partial charge in [-0.25, -0.2) is 0 Å². The number of ether oxygens (including phenoxy) is 1. The monoisotopic (exact) mass is 220 g/mol. The van der Waals surface area contributed by atoms with Gasteiger partial charge in [-0.05, 0) is 47.4 Å². The van der Waals surface area contributed by atoms with Gasteiger partial charge in [-0.3, -0.25) is 0 Å². The lowest BCUT2D eigenvalue weighted by molar-refractivity contribution is 0.130. The maximum Gasteiger partial charge on any atom is 0.119 e. The number of aliphatic hydroxyl groups excluding tert-OH is 1. The van der Waals surface area contributed by atoms with Crippen LogP contribution < -0.4 is 4.74 Å². The summed E-state index contributed by atoms with van der Waals surface area (Å²) in [6.07, 6.45) is 2.25. The summed E-state index contributed by atoms with van der Waals surface area (Å²) in [5.74, 6) is 1.36. The van der Waals surface area contributed by atoms with E-state index in [4.69, 9.17) is 4.74 Å². The molecule has 0 saturated heterocycles. The fourth-order valence-electron chi connectivity index (χ4n) is 2.63. The molecule has 0 fully saturated rings. The van der Waals surface area contributed by atoms with Crippen molar-refractivity contribution in [2.45, 2.75) is 32.6 Å². The summed E-state index contributed by atoms with van der Waals surface area (Å²) in [7, 11) is 1.70. The van der Waals surface area contributed by atoms with Crippen molar-refractivity contribution < 1.29 is 9.84 Å². The Bertz CT molecular complexity index is 382. The number of hydrogen-bond donors (Lipinski definition) is 1. The Hall–Kier alpha value is -1.02. The molecule has 2 rings (SSSR count). The Balaban J connectivity index is 2.38. The van der Waals surface area contributed by atoms with E-state index in [1.54, 1.807) is 7.11 Å². The molecule has 0 heterocycles. The number of aryl methyl sites for hydroxylation is 1. The normalized spacial score (nSPS) is 19.6. The molecule has 1 atom stereocenters. The second-order valence-electron chi connectivity index (χ2n) is 5.30. The minimum atomic E-state index is -0.0440. The van der Waals surface area contributed by atoms with Crippen LogP contribution in [0.1, 0.15) is 37.3 Å². The van der Waals surface area contributed by atoms with E-state index in [1.807, 2.05) is 6.07 Å². The van der Waals surface area contributed by atoms with Gasteiger partial charge in [0.2, 0.25) is 0 Å². The zero-order chi connectivity index (χ0) is 11.8. The van der Waals surface area contributed by atoms with Gasteiger partial charge in [0.05, 0.1) is 7.11 Å². The maximum atomic E-state index is 9.48. The lowest BCUT2D eigenvalue weighted by Gasteiger charge is -2.30. The quantitative estimate of drug-likeness (QED) is 0.848. The number of benzene rings is 1. The van der Waals surface area contributed by atoms with E-state index in [0.29, 0.717) is 5.92 Å². The van der Waals surface area contributed by atoms with Gasteiger partial charge in [0.25, 0.3) is 0 Å². The number of methoxy groups -OCH3 is 1. The Kier molecular flexibility index (Phi) is 2.94. The van der Waals surface area contributed by atoms with Crippen LogP contribution in [0.5, 0.6) is 5.75 Å². The van der Waals surface area contributed by atoms with Crippen LogP contribution in [0.15, 0.2) is 18.2 Å². The van der Waals surface area contributed by atoms with Gasteiger partial charge < -0.3 is 9.84 Å². The lowest BCUT2D eigenvalue weighted by Crippen LogP contribution is -2.24. The summed E-state index contributed by atoms with van der Waals surface area (Å²) in [5.41, 5.74) is 2.73. The van der Waals surface area contributed by atoms with Crippen molar-refractivity contribution in [3.05, 3.63) is 29.3 Å². The molecule has 1 aliphatic rings. The second kappa shape index (κ2) is 4.10. The predicted molar refractivity (Wildman–Crippen MR) is 64.9 cm³/mol. The molecule has 1 aliphatic carbocycles. The first-order valence-electron chi connectivity index (χ1n) is 5.86. The molecular formula is C14H20O2. The van der Waals surface area contributed by atoms with Crippen LogP contribution in [0.4, 0.5) is 0 Å². The van der Waals surface area contributed by atoms with Gasteiger partial charge in [0.15, 0.2) is 0 Å². The number of hydrogen-bond acceptors (Lipinski definition) is 2. The van der Waals surface area contributed by atoms with Gasteiger partial charge in [0, 0.05) is 6.61 Å². The van der Waals surface area contributed by atoms with E-state index in [9.17, 15) is 5.11 Å². The zero-order valence-electron chi connectivity index (χ0n) is 10.3. The van der Waals surface area contributed by atoms with E-state index < -0.39 is 0 Å². The average molecular weight is 220 g/mol. The molecule has 16 heavy (non-hydrogen) atoms. The smallest absolute Gasteiger partial charge is 0.119 e. The first-order valence-corrected chi connectivity index (χ1v) is 5.86. The maximum absolute atomic E-state index is 9.48. The van der Waals surface area contributed by atoms with Crippen LogP contribution in [0.25, 0.3) is 0 Å². The molecule has 0 spiro atoms. The number of aliphatic hydroxyl groups is 1. The van der Waals surface area contributed by atoms with Gasteiger partial charge in [-0.1, -0.05) is 19.9 Å². The lowest BCUT2D eigenvalue weighted by atomic mass is 9.76. The topological polar surface area (TPSA) is 29.5 Å². The van der Waals surface area contributed by atoms with Crippen molar-refractivity contribution in [1.82, 2.24) is 0 Å². The molecule has 2 nitrogen and oxygen atoms in total. The van der Waals surface area contributed by atoms with E-state index in [1.165, 1.54) is 11.1 Å². The third-order valence-electron chi connectivity index (χ3n) is 3.78. The van der Waals surface area contributed by atoms with E-state index in [0.717, 1.165) is 18.6 Å². The Morgan fingerprint density at radius 3 is 2.81 bits per heavy atom. The Morgan fingerprint density at radius 2 is 2.19 bits per heavy atom. The third-order valence-corrected chi connectivity index (χ3v) is 3.78. The Morgan fingerprint density at radius 1 is 1.44 bits per heavy atom. The molecular weight excluding hydrogens is 200 g/mol. The van der Waals surface area contributed by atoms with E-state index >= 15 is 0 Å². The SMILES string of the molecule is COc1ccc2c(c1)C(C(C)(C)CO)CC2. The number of fused-ring (bicyclic) bond motifs is 1. The van der Waals surface area contributed by atoms with Crippen LogP contribution in [-0.4, -0.2) is 18.8 Å². The molecule has 0 amide bonds. The zero-order valence-corrected chi connectivity index (χ0v) is 10.3. The summed E-state index contributed by atoms with van der Waals surface area (Å²) < 4.78 is 5.27. The van der Waals surface area contributed by atoms with Crippen LogP contribution in [0, 0.1) is 5.41 Å². The average Bonchev–Trinajstić information content (AvgIpc) is 2.72. The first-order chi connectivity index (χ1) is 7.58. The summed E-state index contributed by atoms with van der Waals surface area (Å²) in [5, 5.41) is 9.48. The van der Waals surface area contributed by atoms with Crippen molar-refractivity contribution in [2.24, 2.45) is 5.41 Å². The highest BCUT2D eigenvalue weighted by atomic mass is 16.5. The predicted octanol–water partition coefficient (Wildman–Crippen LogP) is 2.74. The van der Waals surface area contributed by atoms with Gasteiger partial charge in [-0.2, -0.15) is 0 Å². The van der Waals surface area contributed by atoms with Crippen molar-refractivity contribution in [1.29, 1.82) is 0 Å². The summed E-state index contributed by atoms with van der Waals surface area (Å²) in [4.78, 5) is 0. The Labute approximate surface area is 97.3 Å². The van der Waals surface area contributed by atoms with E-state index in [-0.39, 0.29) is 12.0 Å². The minimum absolute atomic E-state index is 0.0440. The summed E-state index contributed by atoms with van der Waals surface area (Å²) >= 11 is 0. The first kappa shape index (κ1) is 11.5. The van der Waals surface area contributed by atoms with Crippen molar-refractivity contribution in [3.63, 3.8) is 0 Å². The highest BCUT2D eigenvalue weighted by Crippen LogP contribution is 2.45. The van der Waals surface area contributed by atoms with Crippen LogP contribution >= 0.6 is 0 Å². The number of rotatable bonds is 3. The fourth-order valence-corrected chi connectivity index (χ4v) is 2.63. The van der Waals surface area contributed by atoms with Crippen molar-refractivity contribution in [2.75, 3.05) is 13.7 Å². The molecule has 2 heteroatoms. The fraction of sp³-hybridized carbons (Fsp3) is 0.571. The van der Waals surface area contributed by atoms with Gasteiger partial charge >= 0.3 is 0 Å². The summed E-state index contributed by atoms with van der Waals surface area (Å²) in [6.45, 7) is 4.49. The van der Waals surface area contributed by atoms with Gasteiger partial charge in [0.1, 0.15) is 5.75 Å². The molecule has 0 saturated carbocycles.